The molecular formula is C17H20FN3O3S. The summed E-state index contributed by atoms with van der Waals surface area (Å²) in [7, 11) is -1.27. The normalized spacial score (nSPS) is 19.0. The number of amides is 1. The number of halogens is 1. The second-order valence-electron chi connectivity index (χ2n) is 6.49. The summed E-state index contributed by atoms with van der Waals surface area (Å²) >= 11 is 0. The maximum atomic E-state index is 13.0. The van der Waals surface area contributed by atoms with Crippen molar-refractivity contribution in [2.24, 2.45) is 5.92 Å². The fourth-order valence-electron chi connectivity index (χ4n) is 2.97. The molecule has 3 rings (SSSR count). The highest BCUT2D eigenvalue weighted by Crippen LogP contribution is 2.22. The highest BCUT2D eigenvalue weighted by atomic mass is 32.2. The van der Waals surface area contributed by atoms with E-state index in [2.05, 4.69) is 5.10 Å². The van der Waals surface area contributed by atoms with Crippen molar-refractivity contribution in [2.45, 2.75) is 19.4 Å². The summed E-state index contributed by atoms with van der Waals surface area (Å²) in [6, 6.07) is 5.98. The summed E-state index contributed by atoms with van der Waals surface area (Å²) in [5.74, 6) is -0.178. The molecule has 0 saturated carbocycles. The van der Waals surface area contributed by atoms with Crippen LogP contribution in [0.2, 0.25) is 0 Å². The van der Waals surface area contributed by atoms with Crippen molar-refractivity contribution in [1.82, 2.24) is 14.7 Å². The van der Waals surface area contributed by atoms with Crippen LogP contribution in [0.5, 0.6) is 0 Å². The van der Waals surface area contributed by atoms with Crippen LogP contribution in [0.1, 0.15) is 18.4 Å². The Hall–Kier alpha value is -2.22. The molecule has 2 aromatic rings. The van der Waals surface area contributed by atoms with Gasteiger partial charge in [0.1, 0.15) is 5.82 Å². The first kappa shape index (κ1) is 17.6. The lowest BCUT2D eigenvalue weighted by Crippen LogP contribution is -2.28. The minimum atomic E-state index is -2.97. The summed E-state index contributed by atoms with van der Waals surface area (Å²) in [5, 5.41) is 4.23. The molecule has 1 saturated heterocycles. The summed E-state index contributed by atoms with van der Waals surface area (Å²) in [6.07, 6.45) is 4.26. The first-order valence-electron chi connectivity index (χ1n) is 8.06. The van der Waals surface area contributed by atoms with Crippen LogP contribution in [0.3, 0.4) is 0 Å². The molecule has 1 fully saturated rings. The Morgan fingerprint density at radius 1 is 1.36 bits per heavy atom. The summed E-state index contributed by atoms with van der Waals surface area (Å²) in [5.41, 5.74) is 1.58. The van der Waals surface area contributed by atoms with Gasteiger partial charge in [0.2, 0.25) is 5.91 Å². The van der Waals surface area contributed by atoms with E-state index < -0.39 is 9.84 Å². The van der Waals surface area contributed by atoms with Crippen molar-refractivity contribution in [2.75, 3.05) is 18.6 Å². The highest BCUT2D eigenvalue weighted by molar-refractivity contribution is 7.91. The van der Waals surface area contributed by atoms with Crippen LogP contribution in [-0.2, 0) is 21.2 Å². The van der Waals surface area contributed by atoms with Gasteiger partial charge in [0.15, 0.2) is 9.84 Å². The number of rotatable bonds is 5. The number of sulfone groups is 1. The molecule has 1 amide bonds. The van der Waals surface area contributed by atoms with E-state index in [9.17, 15) is 17.6 Å². The zero-order valence-electron chi connectivity index (χ0n) is 13.9. The first-order chi connectivity index (χ1) is 11.8. The molecule has 1 atom stereocenters. The van der Waals surface area contributed by atoms with Crippen molar-refractivity contribution in [3.63, 3.8) is 0 Å². The Bertz CT molecular complexity index is 862. The maximum absolute atomic E-state index is 13.0. The van der Waals surface area contributed by atoms with Crippen molar-refractivity contribution in [1.29, 1.82) is 0 Å². The van der Waals surface area contributed by atoms with E-state index in [1.165, 1.54) is 12.1 Å². The minimum absolute atomic E-state index is 0.0726. The molecule has 1 aromatic carbocycles. The third-order valence-electron chi connectivity index (χ3n) is 4.36. The molecule has 0 bridgehead atoms. The van der Waals surface area contributed by atoms with Crippen molar-refractivity contribution in [3.05, 3.63) is 48.0 Å². The Morgan fingerprint density at radius 2 is 2.08 bits per heavy atom. The van der Waals surface area contributed by atoms with Crippen molar-refractivity contribution in [3.8, 4) is 5.69 Å². The van der Waals surface area contributed by atoms with E-state index >= 15 is 0 Å². The number of hydrogen-bond donors (Lipinski definition) is 0. The average molecular weight is 365 g/mol. The van der Waals surface area contributed by atoms with Gasteiger partial charge in [-0.05, 0) is 36.6 Å². The van der Waals surface area contributed by atoms with Gasteiger partial charge in [0.25, 0.3) is 0 Å². The predicted octanol–water partition coefficient (Wildman–Crippen LogP) is 1.79. The van der Waals surface area contributed by atoms with Gasteiger partial charge in [0, 0.05) is 31.8 Å². The van der Waals surface area contributed by atoms with Gasteiger partial charge >= 0.3 is 0 Å². The number of aromatic nitrogens is 2. The first-order valence-corrected chi connectivity index (χ1v) is 9.88. The zero-order chi connectivity index (χ0) is 18.0. The third-order valence-corrected chi connectivity index (χ3v) is 6.20. The van der Waals surface area contributed by atoms with E-state index in [1.54, 1.807) is 41.2 Å². The smallest absolute Gasteiger partial charge is 0.222 e. The molecule has 0 spiro atoms. The number of carbonyl (C=O) groups excluding carboxylic acids is 1. The molecule has 0 radical (unpaired) electrons. The molecule has 8 heteroatoms. The minimum Gasteiger partial charge on any atom is -0.341 e. The lowest BCUT2D eigenvalue weighted by atomic mass is 10.0. The summed E-state index contributed by atoms with van der Waals surface area (Å²) < 4.78 is 37.6. The van der Waals surface area contributed by atoms with Crippen LogP contribution in [0.25, 0.3) is 5.69 Å². The molecular weight excluding hydrogens is 345 g/mol. The summed E-state index contributed by atoms with van der Waals surface area (Å²) in [6.45, 7) is 0.388. The van der Waals surface area contributed by atoms with E-state index in [1.807, 2.05) is 0 Å². The molecule has 2 heterocycles. The third kappa shape index (κ3) is 4.45. The Balaban J connectivity index is 1.58. The number of hydrogen-bond acceptors (Lipinski definition) is 4. The standard InChI is InChI=1S/C17H20FN3O3S/c1-20(17(22)8-13-6-7-25(23,24)12-13)10-14-9-19-21(11-14)16-4-2-15(18)3-5-16/h2-5,9,11,13H,6-8,10,12H2,1H3/t13-/m1/s1. The van der Waals surface area contributed by atoms with Gasteiger partial charge < -0.3 is 4.90 Å². The SMILES string of the molecule is CN(Cc1cnn(-c2ccc(F)cc2)c1)C(=O)C[C@H]1CCS(=O)(=O)C1. The molecule has 6 nitrogen and oxygen atoms in total. The summed E-state index contributed by atoms with van der Waals surface area (Å²) in [4.78, 5) is 13.9. The van der Waals surface area contributed by atoms with Crippen LogP contribution >= 0.6 is 0 Å². The quantitative estimate of drug-likeness (QED) is 0.810. The van der Waals surface area contributed by atoms with Crippen LogP contribution in [0.15, 0.2) is 36.7 Å². The topological polar surface area (TPSA) is 72.3 Å². The second-order valence-corrected chi connectivity index (χ2v) is 8.72. The molecule has 0 N–H and O–H groups in total. The van der Waals surface area contributed by atoms with Crippen LogP contribution in [0.4, 0.5) is 4.39 Å². The number of nitrogens with zero attached hydrogens (tertiary/aromatic N) is 3. The maximum Gasteiger partial charge on any atom is 0.222 e. The monoisotopic (exact) mass is 365 g/mol. The van der Waals surface area contributed by atoms with Gasteiger partial charge in [-0.3, -0.25) is 4.79 Å². The van der Waals surface area contributed by atoms with E-state index in [0.717, 1.165) is 11.3 Å². The van der Waals surface area contributed by atoms with Crippen LogP contribution in [-0.4, -0.2) is 47.6 Å². The Kier molecular flexibility index (Phi) is 4.89. The fourth-order valence-corrected chi connectivity index (χ4v) is 4.84. The lowest BCUT2D eigenvalue weighted by Gasteiger charge is -2.18. The van der Waals surface area contributed by atoms with Crippen molar-refractivity contribution >= 4 is 15.7 Å². The molecule has 1 aromatic heterocycles. The molecule has 0 aliphatic carbocycles. The average Bonchev–Trinajstić information content (AvgIpc) is 3.14. The van der Waals surface area contributed by atoms with Gasteiger partial charge in [-0.1, -0.05) is 0 Å². The fraction of sp³-hybridized carbons (Fsp3) is 0.412. The molecule has 1 aliphatic rings. The van der Waals surface area contributed by atoms with E-state index in [4.69, 9.17) is 0 Å². The lowest BCUT2D eigenvalue weighted by molar-refractivity contribution is -0.131. The Labute approximate surface area is 146 Å². The van der Waals surface area contributed by atoms with Crippen molar-refractivity contribution < 1.29 is 17.6 Å². The predicted molar refractivity (Wildman–Crippen MR) is 91.4 cm³/mol. The number of carbonyl (C=O) groups is 1. The second kappa shape index (κ2) is 6.95. The zero-order valence-corrected chi connectivity index (χ0v) is 14.7. The van der Waals surface area contributed by atoms with Gasteiger partial charge in [-0.15, -0.1) is 0 Å². The molecule has 25 heavy (non-hydrogen) atoms. The molecule has 0 unspecified atom stereocenters. The Morgan fingerprint density at radius 3 is 2.72 bits per heavy atom. The number of benzene rings is 1. The molecule has 1 aliphatic heterocycles. The van der Waals surface area contributed by atoms with Crippen LogP contribution < -0.4 is 0 Å². The highest BCUT2D eigenvalue weighted by Gasteiger charge is 2.30. The van der Waals surface area contributed by atoms with Gasteiger partial charge in [-0.25, -0.2) is 17.5 Å². The van der Waals surface area contributed by atoms with Crippen LogP contribution in [0, 0.1) is 11.7 Å². The van der Waals surface area contributed by atoms with E-state index in [-0.39, 0.29) is 35.6 Å². The largest absolute Gasteiger partial charge is 0.341 e. The van der Waals surface area contributed by atoms with Gasteiger partial charge in [-0.2, -0.15) is 5.10 Å². The van der Waals surface area contributed by atoms with Gasteiger partial charge in [0.05, 0.1) is 23.4 Å². The molecule has 134 valence electrons. The van der Waals surface area contributed by atoms with E-state index in [0.29, 0.717) is 13.0 Å².